The SMILES string of the molecule is O=C(O)CN(CC1CC1)C1CC(NC(=O)c2cccnc2)C1. The van der Waals surface area contributed by atoms with Crippen molar-refractivity contribution in [3.8, 4) is 0 Å². The van der Waals surface area contributed by atoms with Crippen molar-refractivity contribution >= 4 is 11.9 Å². The zero-order valence-electron chi connectivity index (χ0n) is 12.4. The van der Waals surface area contributed by atoms with E-state index in [0.717, 1.165) is 19.4 Å². The van der Waals surface area contributed by atoms with Gasteiger partial charge in [0.1, 0.15) is 0 Å². The number of carboxylic acid groups (broad SMARTS) is 1. The number of carbonyl (C=O) groups excluding carboxylic acids is 1. The second-order valence-electron chi connectivity index (χ2n) is 6.30. The molecular weight excluding hydrogens is 282 g/mol. The molecule has 2 N–H and O–H groups in total. The Hall–Kier alpha value is -1.95. The van der Waals surface area contributed by atoms with Gasteiger partial charge in [0.2, 0.25) is 0 Å². The van der Waals surface area contributed by atoms with E-state index in [1.165, 1.54) is 12.8 Å². The number of nitrogens with one attached hydrogen (secondary N) is 1. The Kier molecular flexibility index (Phi) is 4.38. The van der Waals surface area contributed by atoms with Crippen molar-refractivity contribution in [3.63, 3.8) is 0 Å². The minimum absolute atomic E-state index is 0.102. The molecule has 1 heterocycles. The third-order valence-electron chi connectivity index (χ3n) is 4.42. The van der Waals surface area contributed by atoms with Crippen LogP contribution in [0, 0.1) is 5.92 Å². The highest BCUT2D eigenvalue weighted by Crippen LogP contribution is 2.33. The molecule has 2 saturated carbocycles. The summed E-state index contributed by atoms with van der Waals surface area (Å²) in [4.78, 5) is 29.0. The molecule has 0 saturated heterocycles. The van der Waals surface area contributed by atoms with Gasteiger partial charge in [-0.05, 0) is 43.7 Å². The summed E-state index contributed by atoms with van der Waals surface area (Å²) in [7, 11) is 0. The van der Waals surface area contributed by atoms with Gasteiger partial charge < -0.3 is 10.4 Å². The van der Waals surface area contributed by atoms with Crippen LogP contribution < -0.4 is 5.32 Å². The first-order valence-electron chi connectivity index (χ1n) is 7.78. The average Bonchev–Trinajstić information content (AvgIpc) is 3.26. The van der Waals surface area contributed by atoms with Crippen LogP contribution in [0.5, 0.6) is 0 Å². The van der Waals surface area contributed by atoms with Crippen LogP contribution in [-0.2, 0) is 4.79 Å². The van der Waals surface area contributed by atoms with Gasteiger partial charge in [0.15, 0.2) is 0 Å². The van der Waals surface area contributed by atoms with Crippen LogP contribution >= 0.6 is 0 Å². The highest BCUT2D eigenvalue weighted by Gasteiger charge is 2.37. The maximum absolute atomic E-state index is 12.0. The molecule has 0 atom stereocenters. The van der Waals surface area contributed by atoms with E-state index in [4.69, 9.17) is 5.11 Å². The molecule has 0 spiro atoms. The maximum Gasteiger partial charge on any atom is 0.317 e. The van der Waals surface area contributed by atoms with Gasteiger partial charge in [-0.1, -0.05) is 0 Å². The number of rotatable bonds is 7. The number of carbonyl (C=O) groups is 2. The predicted octanol–water partition coefficient (Wildman–Crippen LogP) is 1.14. The second-order valence-corrected chi connectivity index (χ2v) is 6.30. The molecule has 1 aromatic heterocycles. The lowest BCUT2D eigenvalue weighted by Crippen LogP contribution is -2.55. The molecule has 0 radical (unpaired) electrons. The second kappa shape index (κ2) is 6.44. The molecule has 6 nitrogen and oxygen atoms in total. The molecule has 1 amide bonds. The predicted molar refractivity (Wildman–Crippen MR) is 80.4 cm³/mol. The molecule has 118 valence electrons. The van der Waals surface area contributed by atoms with E-state index in [-0.39, 0.29) is 24.5 Å². The summed E-state index contributed by atoms with van der Waals surface area (Å²) in [5.74, 6) is -0.213. The third-order valence-corrected chi connectivity index (χ3v) is 4.42. The number of amides is 1. The maximum atomic E-state index is 12.0. The fourth-order valence-corrected chi connectivity index (χ4v) is 2.92. The number of pyridine rings is 1. The van der Waals surface area contributed by atoms with Crippen LogP contribution in [0.15, 0.2) is 24.5 Å². The first-order chi connectivity index (χ1) is 10.6. The molecular formula is C16H21N3O3. The first-order valence-corrected chi connectivity index (χ1v) is 7.78. The lowest BCUT2D eigenvalue weighted by Gasteiger charge is -2.42. The summed E-state index contributed by atoms with van der Waals surface area (Å²) in [5, 5.41) is 12.0. The van der Waals surface area contributed by atoms with E-state index in [2.05, 4.69) is 15.2 Å². The number of aromatic nitrogens is 1. The minimum atomic E-state index is -0.775. The average molecular weight is 303 g/mol. The van der Waals surface area contributed by atoms with Crippen molar-refractivity contribution in [1.29, 1.82) is 0 Å². The summed E-state index contributed by atoms with van der Waals surface area (Å²) in [6, 6.07) is 3.88. The molecule has 0 unspecified atom stereocenters. The Morgan fingerprint density at radius 1 is 1.36 bits per heavy atom. The molecule has 0 bridgehead atoms. The number of aliphatic carboxylic acids is 1. The number of nitrogens with zero attached hydrogens (tertiary/aromatic N) is 2. The van der Waals surface area contributed by atoms with Gasteiger partial charge in [-0.25, -0.2) is 0 Å². The quantitative estimate of drug-likeness (QED) is 0.789. The largest absolute Gasteiger partial charge is 0.480 e. The van der Waals surface area contributed by atoms with Crippen LogP contribution in [0.3, 0.4) is 0 Å². The highest BCUT2D eigenvalue weighted by atomic mass is 16.4. The van der Waals surface area contributed by atoms with Crippen molar-refractivity contribution in [2.45, 2.75) is 37.8 Å². The van der Waals surface area contributed by atoms with Gasteiger partial charge in [-0.3, -0.25) is 19.5 Å². The number of hydrogen-bond acceptors (Lipinski definition) is 4. The molecule has 2 aliphatic carbocycles. The molecule has 6 heteroatoms. The van der Waals surface area contributed by atoms with Gasteiger partial charge in [-0.15, -0.1) is 0 Å². The third kappa shape index (κ3) is 3.82. The van der Waals surface area contributed by atoms with E-state index in [1.54, 1.807) is 24.5 Å². The Labute approximate surface area is 129 Å². The van der Waals surface area contributed by atoms with Crippen LogP contribution in [-0.4, -0.2) is 52.0 Å². The van der Waals surface area contributed by atoms with Crippen molar-refractivity contribution in [1.82, 2.24) is 15.2 Å². The fourth-order valence-electron chi connectivity index (χ4n) is 2.92. The zero-order valence-corrected chi connectivity index (χ0v) is 12.4. The molecule has 3 rings (SSSR count). The first kappa shape index (κ1) is 15.0. The van der Waals surface area contributed by atoms with E-state index in [0.29, 0.717) is 11.5 Å². The van der Waals surface area contributed by atoms with Crippen LogP contribution in [0.2, 0.25) is 0 Å². The van der Waals surface area contributed by atoms with Crippen LogP contribution in [0.1, 0.15) is 36.0 Å². The lowest BCUT2D eigenvalue weighted by atomic mass is 9.85. The molecule has 0 aromatic carbocycles. The summed E-state index contributed by atoms with van der Waals surface area (Å²) in [5.41, 5.74) is 0.561. The van der Waals surface area contributed by atoms with Crippen molar-refractivity contribution < 1.29 is 14.7 Å². The molecule has 0 aliphatic heterocycles. The molecule has 1 aromatic rings. The Morgan fingerprint density at radius 3 is 2.73 bits per heavy atom. The molecule has 2 fully saturated rings. The smallest absolute Gasteiger partial charge is 0.317 e. The monoisotopic (exact) mass is 303 g/mol. The summed E-state index contributed by atoms with van der Waals surface area (Å²) in [6.45, 7) is 0.977. The van der Waals surface area contributed by atoms with Crippen molar-refractivity contribution in [2.24, 2.45) is 5.92 Å². The number of carboxylic acids is 1. The van der Waals surface area contributed by atoms with E-state index in [9.17, 15) is 9.59 Å². The normalized spacial score (nSPS) is 23.9. The van der Waals surface area contributed by atoms with Crippen molar-refractivity contribution in [3.05, 3.63) is 30.1 Å². The molecule has 22 heavy (non-hydrogen) atoms. The Balaban J connectivity index is 1.47. The van der Waals surface area contributed by atoms with Gasteiger partial charge in [-0.2, -0.15) is 0 Å². The van der Waals surface area contributed by atoms with Gasteiger partial charge in [0, 0.05) is 31.0 Å². The summed E-state index contributed by atoms with van der Waals surface area (Å²) < 4.78 is 0. The Morgan fingerprint density at radius 2 is 2.14 bits per heavy atom. The fraction of sp³-hybridized carbons (Fsp3) is 0.562. The van der Waals surface area contributed by atoms with Gasteiger partial charge >= 0.3 is 5.97 Å². The van der Waals surface area contributed by atoms with Gasteiger partial charge in [0.05, 0.1) is 12.1 Å². The number of hydrogen-bond donors (Lipinski definition) is 2. The Bertz CT molecular complexity index is 539. The van der Waals surface area contributed by atoms with Crippen molar-refractivity contribution in [2.75, 3.05) is 13.1 Å². The van der Waals surface area contributed by atoms with E-state index < -0.39 is 5.97 Å². The topological polar surface area (TPSA) is 82.5 Å². The van der Waals surface area contributed by atoms with Crippen LogP contribution in [0.4, 0.5) is 0 Å². The molecule has 2 aliphatic rings. The summed E-state index contributed by atoms with van der Waals surface area (Å²) in [6.07, 6.45) is 7.26. The lowest BCUT2D eigenvalue weighted by molar-refractivity contribution is -0.139. The minimum Gasteiger partial charge on any atom is -0.480 e. The standard InChI is InChI=1S/C16H21N3O3/c20-15(21)10-19(9-11-3-4-11)14-6-13(7-14)18-16(22)12-2-1-5-17-8-12/h1-2,5,8,11,13-14H,3-4,6-7,9-10H2,(H,18,22)(H,20,21). The van der Waals surface area contributed by atoms with Gasteiger partial charge in [0.25, 0.3) is 5.91 Å². The highest BCUT2D eigenvalue weighted by molar-refractivity contribution is 5.94. The van der Waals surface area contributed by atoms with E-state index in [1.807, 2.05) is 0 Å². The zero-order chi connectivity index (χ0) is 15.5. The summed E-state index contributed by atoms with van der Waals surface area (Å²) >= 11 is 0. The van der Waals surface area contributed by atoms with E-state index >= 15 is 0 Å². The van der Waals surface area contributed by atoms with Crippen LogP contribution in [0.25, 0.3) is 0 Å².